The Bertz CT molecular complexity index is 526. The molecular formula is C16H19FN2. The van der Waals surface area contributed by atoms with Gasteiger partial charge < -0.3 is 5.32 Å². The fraction of sp³-hybridized carbons (Fsp3) is 0.312. The Balaban J connectivity index is 2.27. The maximum atomic E-state index is 14.2. The maximum absolute atomic E-state index is 14.2. The summed E-state index contributed by atoms with van der Waals surface area (Å²) in [6, 6.07) is 9.46. The molecule has 0 bridgehead atoms. The second-order valence-corrected chi connectivity index (χ2v) is 4.65. The average molecular weight is 258 g/mol. The molecule has 0 aliphatic rings. The molecule has 0 aliphatic heterocycles. The first-order valence-electron chi connectivity index (χ1n) is 6.59. The quantitative estimate of drug-likeness (QED) is 0.888. The number of hydrogen-bond donors (Lipinski definition) is 1. The Kier molecular flexibility index (Phi) is 4.63. The largest absolute Gasteiger partial charge is 0.310 e. The Morgan fingerprint density at radius 2 is 2.11 bits per heavy atom. The molecule has 1 unspecified atom stereocenters. The van der Waals surface area contributed by atoms with Crippen molar-refractivity contribution in [2.75, 3.05) is 6.54 Å². The van der Waals surface area contributed by atoms with Gasteiger partial charge in [0.1, 0.15) is 5.82 Å². The number of likely N-dealkylation sites (N-methyl/N-ethyl adjacent to an activating group) is 1. The smallest absolute Gasteiger partial charge is 0.130 e. The summed E-state index contributed by atoms with van der Waals surface area (Å²) in [5.41, 5.74) is 2.52. The highest BCUT2D eigenvalue weighted by Gasteiger charge is 2.16. The van der Waals surface area contributed by atoms with E-state index in [9.17, 15) is 4.39 Å². The molecule has 3 heteroatoms. The van der Waals surface area contributed by atoms with Gasteiger partial charge in [-0.1, -0.05) is 31.2 Å². The third kappa shape index (κ3) is 3.38. The number of hydrogen-bond acceptors (Lipinski definition) is 2. The van der Waals surface area contributed by atoms with Crippen molar-refractivity contribution in [2.24, 2.45) is 0 Å². The van der Waals surface area contributed by atoms with Gasteiger partial charge in [-0.25, -0.2) is 4.39 Å². The van der Waals surface area contributed by atoms with Gasteiger partial charge in [-0.15, -0.1) is 0 Å². The zero-order valence-electron chi connectivity index (χ0n) is 11.4. The van der Waals surface area contributed by atoms with Crippen LogP contribution in [0, 0.1) is 12.7 Å². The third-order valence-electron chi connectivity index (χ3n) is 3.21. The second-order valence-electron chi connectivity index (χ2n) is 4.65. The van der Waals surface area contributed by atoms with Crippen LogP contribution in [0.5, 0.6) is 0 Å². The molecule has 19 heavy (non-hydrogen) atoms. The number of nitrogens with one attached hydrogen (secondary N) is 1. The Hall–Kier alpha value is -1.74. The van der Waals surface area contributed by atoms with Gasteiger partial charge in [-0.3, -0.25) is 4.98 Å². The van der Waals surface area contributed by atoms with E-state index in [-0.39, 0.29) is 11.9 Å². The van der Waals surface area contributed by atoms with Crippen LogP contribution >= 0.6 is 0 Å². The second kappa shape index (κ2) is 6.43. The van der Waals surface area contributed by atoms with Crippen LogP contribution < -0.4 is 5.32 Å². The number of benzene rings is 1. The van der Waals surface area contributed by atoms with E-state index in [4.69, 9.17) is 0 Å². The summed E-state index contributed by atoms with van der Waals surface area (Å²) in [4.78, 5) is 4.11. The van der Waals surface area contributed by atoms with E-state index in [1.807, 2.05) is 37.4 Å². The van der Waals surface area contributed by atoms with Gasteiger partial charge in [0.2, 0.25) is 0 Å². The summed E-state index contributed by atoms with van der Waals surface area (Å²) in [6.45, 7) is 4.63. The molecule has 2 aromatic rings. The molecule has 0 radical (unpaired) electrons. The molecular weight excluding hydrogens is 239 g/mol. The normalized spacial score (nSPS) is 12.4. The number of rotatable bonds is 5. The lowest BCUT2D eigenvalue weighted by Gasteiger charge is -2.19. The molecule has 0 spiro atoms. The molecule has 0 amide bonds. The van der Waals surface area contributed by atoms with Crippen LogP contribution in [0.25, 0.3) is 0 Å². The molecule has 1 aromatic carbocycles. The van der Waals surface area contributed by atoms with E-state index in [0.717, 1.165) is 24.1 Å². The minimum Gasteiger partial charge on any atom is -0.310 e. The highest BCUT2D eigenvalue weighted by molar-refractivity contribution is 5.29. The summed E-state index contributed by atoms with van der Waals surface area (Å²) in [7, 11) is 0. The van der Waals surface area contributed by atoms with Crippen molar-refractivity contribution >= 4 is 0 Å². The highest BCUT2D eigenvalue weighted by Crippen LogP contribution is 2.23. The van der Waals surface area contributed by atoms with Crippen LogP contribution in [0.15, 0.2) is 42.7 Å². The average Bonchev–Trinajstić information content (AvgIpc) is 2.43. The van der Waals surface area contributed by atoms with Gasteiger partial charge in [0.25, 0.3) is 0 Å². The van der Waals surface area contributed by atoms with Crippen molar-refractivity contribution in [1.29, 1.82) is 0 Å². The van der Waals surface area contributed by atoms with Crippen molar-refractivity contribution in [3.63, 3.8) is 0 Å². The van der Waals surface area contributed by atoms with E-state index in [0.29, 0.717) is 5.56 Å². The minimum absolute atomic E-state index is 0.0194. The molecule has 1 atom stereocenters. The van der Waals surface area contributed by atoms with Crippen molar-refractivity contribution in [3.05, 3.63) is 65.2 Å². The summed E-state index contributed by atoms with van der Waals surface area (Å²) < 4.78 is 14.2. The van der Waals surface area contributed by atoms with Gasteiger partial charge in [0.05, 0.1) is 0 Å². The minimum atomic E-state index is -0.114. The van der Waals surface area contributed by atoms with Gasteiger partial charge >= 0.3 is 0 Å². The van der Waals surface area contributed by atoms with E-state index >= 15 is 0 Å². The number of aryl methyl sites for hydroxylation is 1. The summed E-state index contributed by atoms with van der Waals surface area (Å²) in [5.74, 6) is -0.114. The fourth-order valence-electron chi connectivity index (χ4n) is 2.23. The molecule has 1 N–H and O–H groups in total. The predicted molar refractivity (Wildman–Crippen MR) is 75.5 cm³/mol. The van der Waals surface area contributed by atoms with Crippen LogP contribution in [-0.2, 0) is 6.42 Å². The van der Waals surface area contributed by atoms with Crippen molar-refractivity contribution in [1.82, 2.24) is 10.3 Å². The monoisotopic (exact) mass is 258 g/mol. The summed E-state index contributed by atoms with van der Waals surface area (Å²) in [5, 5.41) is 3.35. The lowest BCUT2D eigenvalue weighted by molar-refractivity contribution is 0.506. The molecule has 0 fully saturated rings. The van der Waals surface area contributed by atoms with Gasteiger partial charge in [-0.05, 0) is 37.1 Å². The first kappa shape index (κ1) is 13.7. The molecule has 0 saturated carbocycles. The fourth-order valence-corrected chi connectivity index (χ4v) is 2.23. The molecule has 1 heterocycles. The number of halogens is 1. The number of aromatic nitrogens is 1. The van der Waals surface area contributed by atoms with Gasteiger partial charge in [0, 0.05) is 24.0 Å². The van der Waals surface area contributed by atoms with E-state index in [2.05, 4.69) is 10.3 Å². The molecule has 1 aromatic heterocycles. The van der Waals surface area contributed by atoms with E-state index < -0.39 is 0 Å². The number of pyridine rings is 1. The standard InChI is InChI=1S/C16H19FN2/c1-3-19-15(10-13-7-5-9-18-11-13)14-8-4-6-12(2)16(14)17/h4-9,11,15,19H,3,10H2,1-2H3. The predicted octanol–water partition coefficient (Wildman–Crippen LogP) is 3.42. The van der Waals surface area contributed by atoms with Crippen LogP contribution in [0.3, 0.4) is 0 Å². The maximum Gasteiger partial charge on any atom is 0.130 e. The summed E-state index contributed by atoms with van der Waals surface area (Å²) >= 11 is 0. The van der Waals surface area contributed by atoms with Crippen LogP contribution in [0.1, 0.15) is 29.7 Å². The van der Waals surface area contributed by atoms with Crippen molar-refractivity contribution in [3.8, 4) is 0 Å². The van der Waals surface area contributed by atoms with E-state index in [1.54, 1.807) is 19.2 Å². The zero-order valence-corrected chi connectivity index (χ0v) is 11.4. The zero-order chi connectivity index (χ0) is 13.7. The van der Waals surface area contributed by atoms with Crippen LogP contribution in [-0.4, -0.2) is 11.5 Å². The molecule has 100 valence electrons. The highest BCUT2D eigenvalue weighted by atomic mass is 19.1. The first-order valence-corrected chi connectivity index (χ1v) is 6.59. The number of nitrogens with zero attached hydrogens (tertiary/aromatic N) is 1. The van der Waals surface area contributed by atoms with Gasteiger partial charge in [-0.2, -0.15) is 0 Å². The Morgan fingerprint density at radius 1 is 1.26 bits per heavy atom. The molecule has 0 saturated heterocycles. The van der Waals surface area contributed by atoms with Crippen LogP contribution in [0.4, 0.5) is 4.39 Å². The lowest BCUT2D eigenvalue weighted by Crippen LogP contribution is -2.24. The lowest BCUT2D eigenvalue weighted by atomic mass is 9.97. The SMILES string of the molecule is CCNC(Cc1cccnc1)c1cccc(C)c1F. The Morgan fingerprint density at radius 3 is 2.79 bits per heavy atom. The van der Waals surface area contributed by atoms with Crippen LogP contribution in [0.2, 0.25) is 0 Å². The Labute approximate surface area is 113 Å². The van der Waals surface area contributed by atoms with Crippen molar-refractivity contribution in [2.45, 2.75) is 26.3 Å². The third-order valence-corrected chi connectivity index (χ3v) is 3.21. The van der Waals surface area contributed by atoms with E-state index in [1.165, 1.54) is 0 Å². The molecule has 2 rings (SSSR count). The molecule has 2 nitrogen and oxygen atoms in total. The van der Waals surface area contributed by atoms with Gasteiger partial charge in [0.15, 0.2) is 0 Å². The van der Waals surface area contributed by atoms with Crippen molar-refractivity contribution < 1.29 is 4.39 Å². The topological polar surface area (TPSA) is 24.9 Å². The molecule has 0 aliphatic carbocycles. The summed E-state index contributed by atoms with van der Waals surface area (Å²) in [6.07, 6.45) is 4.32. The first-order chi connectivity index (χ1) is 9.22.